The lowest BCUT2D eigenvalue weighted by Crippen LogP contribution is -2.03. The van der Waals surface area contributed by atoms with Gasteiger partial charge in [-0.15, -0.1) is 0 Å². The molecule has 1 aromatic heterocycles. The molecule has 0 radical (unpaired) electrons. The Morgan fingerprint density at radius 3 is 3.05 bits per heavy atom. The monoisotopic (exact) mass is 270 g/mol. The standard InChI is InChI=1S/C14H14N4O2/c1-2-20-14(19)11-8-17-18(9-11)12-3-4-13(16)10(7-12)5-6-15/h3-4,7-9H,2,5,16H2,1H3. The van der Waals surface area contributed by atoms with Gasteiger partial charge in [-0.1, -0.05) is 0 Å². The predicted molar refractivity (Wildman–Crippen MR) is 73.2 cm³/mol. The van der Waals surface area contributed by atoms with Crippen LogP contribution in [0.2, 0.25) is 0 Å². The van der Waals surface area contributed by atoms with Crippen LogP contribution < -0.4 is 5.73 Å². The zero-order chi connectivity index (χ0) is 14.5. The first-order chi connectivity index (χ1) is 9.65. The fraction of sp³-hybridized carbons (Fsp3) is 0.214. The van der Waals surface area contributed by atoms with Gasteiger partial charge in [-0.25, -0.2) is 9.48 Å². The van der Waals surface area contributed by atoms with Crippen LogP contribution in [0.25, 0.3) is 5.69 Å². The summed E-state index contributed by atoms with van der Waals surface area (Å²) in [5.74, 6) is -0.411. The zero-order valence-corrected chi connectivity index (χ0v) is 11.0. The lowest BCUT2D eigenvalue weighted by atomic mass is 10.1. The summed E-state index contributed by atoms with van der Waals surface area (Å²) < 4.78 is 6.45. The minimum atomic E-state index is -0.411. The van der Waals surface area contributed by atoms with Gasteiger partial charge in [0.25, 0.3) is 0 Å². The average Bonchev–Trinajstić information content (AvgIpc) is 2.91. The van der Waals surface area contributed by atoms with Gasteiger partial charge in [0, 0.05) is 11.9 Å². The molecule has 6 heteroatoms. The number of anilines is 1. The Hall–Kier alpha value is -2.81. The van der Waals surface area contributed by atoms with Crippen LogP contribution in [-0.4, -0.2) is 22.4 Å². The molecule has 0 bridgehead atoms. The number of hydrogen-bond acceptors (Lipinski definition) is 5. The summed E-state index contributed by atoms with van der Waals surface area (Å²) in [5.41, 5.74) is 8.21. The molecule has 0 saturated carbocycles. The van der Waals surface area contributed by atoms with E-state index in [1.54, 1.807) is 36.0 Å². The minimum absolute atomic E-state index is 0.228. The van der Waals surface area contributed by atoms with Crippen molar-refractivity contribution in [2.45, 2.75) is 13.3 Å². The van der Waals surface area contributed by atoms with Crippen LogP contribution in [0.15, 0.2) is 30.6 Å². The van der Waals surface area contributed by atoms with Crippen molar-refractivity contribution in [2.75, 3.05) is 12.3 Å². The van der Waals surface area contributed by atoms with E-state index >= 15 is 0 Å². The van der Waals surface area contributed by atoms with Gasteiger partial charge >= 0.3 is 5.97 Å². The van der Waals surface area contributed by atoms with Crippen LogP contribution in [0, 0.1) is 11.3 Å². The first-order valence-electron chi connectivity index (χ1n) is 6.13. The van der Waals surface area contributed by atoms with Crippen molar-refractivity contribution in [2.24, 2.45) is 0 Å². The highest BCUT2D eigenvalue weighted by Gasteiger charge is 2.10. The molecule has 6 nitrogen and oxygen atoms in total. The highest BCUT2D eigenvalue weighted by molar-refractivity contribution is 5.88. The second-order valence-corrected chi connectivity index (χ2v) is 4.11. The maximum Gasteiger partial charge on any atom is 0.341 e. The molecule has 1 aromatic carbocycles. The Morgan fingerprint density at radius 2 is 2.35 bits per heavy atom. The number of aromatic nitrogens is 2. The Morgan fingerprint density at radius 1 is 1.55 bits per heavy atom. The first kappa shape index (κ1) is 13.6. The highest BCUT2D eigenvalue weighted by Crippen LogP contribution is 2.18. The van der Waals surface area contributed by atoms with Crippen LogP contribution in [0.4, 0.5) is 5.69 Å². The van der Waals surface area contributed by atoms with Crippen LogP contribution in [-0.2, 0) is 11.2 Å². The smallest absolute Gasteiger partial charge is 0.341 e. The second-order valence-electron chi connectivity index (χ2n) is 4.11. The van der Waals surface area contributed by atoms with Crippen molar-refractivity contribution < 1.29 is 9.53 Å². The summed E-state index contributed by atoms with van der Waals surface area (Å²) in [5, 5.41) is 12.9. The molecule has 0 unspecified atom stereocenters. The molecule has 0 aliphatic rings. The molecule has 2 aromatic rings. The number of nitrogens with two attached hydrogens (primary N) is 1. The third-order valence-corrected chi connectivity index (χ3v) is 2.75. The molecule has 0 atom stereocenters. The maximum atomic E-state index is 11.6. The quantitative estimate of drug-likeness (QED) is 0.674. The molecular formula is C14H14N4O2. The van der Waals surface area contributed by atoms with E-state index in [4.69, 9.17) is 15.7 Å². The summed E-state index contributed by atoms with van der Waals surface area (Å²) >= 11 is 0. The van der Waals surface area contributed by atoms with Crippen molar-refractivity contribution >= 4 is 11.7 Å². The Bertz CT molecular complexity index is 670. The maximum absolute atomic E-state index is 11.6. The molecule has 2 N–H and O–H groups in total. The minimum Gasteiger partial charge on any atom is -0.462 e. The third kappa shape index (κ3) is 2.78. The number of rotatable bonds is 4. The van der Waals surface area contributed by atoms with E-state index in [-0.39, 0.29) is 6.42 Å². The van der Waals surface area contributed by atoms with Crippen LogP contribution >= 0.6 is 0 Å². The van der Waals surface area contributed by atoms with E-state index in [1.807, 2.05) is 0 Å². The largest absolute Gasteiger partial charge is 0.462 e. The van der Waals surface area contributed by atoms with E-state index in [1.165, 1.54) is 6.20 Å². The van der Waals surface area contributed by atoms with E-state index in [9.17, 15) is 4.79 Å². The van der Waals surface area contributed by atoms with Gasteiger partial charge in [-0.05, 0) is 30.7 Å². The predicted octanol–water partition coefficient (Wildman–Crippen LogP) is 1.70. The summed E-state index contributed by atoms with van der Waals surface area (Å²) in [7, 11) is 0. The molecular weight excluding hydrogens is 256 g/mol. The number of carbonyl (C=O) groups excluding carboxylic acids is 1. The van der Waals surface area contributed by atoms with Gasteiger partial charge in [0.15, 0.2) is 0 Å². The molecule has 0 amide bonds. The fourth-order valence-corrected chi connectivity index (χ4v) is 1.76. The molecule has 1 heterocycles. The average molecular weight is 270 g/mol. The summed E-state index contributed by atoms with van der Waals surface area (Å²) in [6.45, 7) is 2.06. The lowest BCUT2D eigenvalue weighted by molar-refractivity contribution is 0.0526. The van der Waals surface area contributed by atoms with Crippen molar-refractivity contribution in [3.63, 3.8) is 0 Å². The van der Waals surface area contributed by atoms with Gasteiger partial charge in [0.1, 0.15) is 0 Å². The zero-order valence-electron chi connectivity index (χ0n) is 11.0. The van der Waals surface area contributed by atoms with Crippen LogP contribution in [0.3, 0.4) is 0 Å². The van der Waals surface area contributed by atoms with Crippen molar-refractivity contribution in [1.29, 1.82) is 5.26 Å². The first-order valence-corrected chi connectivity index (χ1v) is 6.13. The van der Waals surface area contributed by atoms with Gasteiger partial charge in [-0.3, -0.25) is 0 Å². The van der Waals surface area contributed by atoms with Gasteiger partial charge in [0.2, 0.25) is 0 Å². The van der Waals surface area contributed by atoms with Crippen LogP contribution in [0.1, 0.15) is 22.8 Å². The topological polar surface area (TPSA) is 93.9 Å². The number of carbonyl (C=O) groups is 1. The third-order valence-electron chi connectivity index (χ3n) is 2.75. The van der Waals surface area contributed by atoms with Gasteiger partial charge < -0.3 is 10.5 Å². The normalized spacial score (nSPS) is 10.0. The van der Waals surface area contributed by atoms with E-state index < -0.39 is 5.97 Å². The molecule has 0 aliphatic heterocycles. The number of nitriles is 1. The van der Waals surface area contributed by atoms with E-state index in [2.05, 4.69) is 11.2 Å². The molecule has 20 heavy (non-hydrogen) atoms. The Balaban J connectivity index is 2.31. The lowest BCUT2D eigenvalue weighted by Gasteiger charge is -2.06. The number of benzene rings is 1. The molecule has 0 aliphatic carbocycles. The van der Waals surface area contributed by atoms with E-state index in [0.717, 1.165) is 11.3 Å². The van der Waals surface area contributed by atoms with Crippen molar-refractivity contribution in [3.05, 3.63) is 41.7 Å². The number of nitrogens with zero attached hydrogens (tertiary/aromatic N) is 3. The summed E-state index contributed by atoms with van der Waals surface area (Å²) in [4.78, 5) is 11.6. The molecule has 0 saturated heterocycles. The highest BCUT2D eigenvalue weighted by atomic mass is 16.5. The van der Waals surface area contributed by atoms with Gasteiger partial charge in [0.05, 0.1) is 36.5 Å². The second kappa shape index (κ2) is 5.89. The van der Waals surface area contributed by atoms with E-state index in [0.29, 0.717) is 17.9 Å². The molecule has 0 spiro atoms. The summed E-state index contributed by atoms with van der Waals surface area (Å²) in [6, 6.07) is 7.33. The number of hydrogen-bond donors (Lipinski definition) is 1. The summed E-state index contributed by atoms with van der Waals surface area (Å²) in [6.07, 6.45) is 3.25. The molecule has 102 valence electrons. The number of esters is 1. The fourth-order valence-electron chi connectivity index (χ4n) is 1.76. The molecule has 0 fully saturated rings. The Kier molecular flexibility index (Phi) is 4.01. The van der Waals surface area contributed by atoms with Crippen molar-refractivity contribution in [1.82, 2.24) is 9.78 Å². The number of ether oxygens (including phenoxy) is 1. The number of nitrogen functional groups attached to an aromatic ring is 1. The van der Waals surface area contributed by atoms with Crippen molar-refractivity contribution in [3.8, 4) is 11.8 Å². The Labute approximate surface area is 116 Å². The SMILES string of the molecule is CCOC(=O)c1cnn(-c2ccc(N)c(CC#N)c2)c1. The van der Waals surface area contributed by atoms with Crippen LogP contribution in [0.5, 0.6) is 0 Å². The van der Waals surface area contributed by atoms with Gasteiger partial charge in [-0.2, -0.15) is 10.4 Å². The molecule has 2 rings (SSSR count).